The number of carbonyl (C=O) groups is 1. The zero-order valence-electron chi connectivity index (χ0n) is 24.1. The molecular weight excluding hydrogens is 553 g/mol. The third-order valence-corrected chi connectivity index (χ3v) is 12.2. The molecule has 2 fully saturated rings. The molecule has 3 aromatic rings. The molecule has 4 heterocycles. The van der Waals surface area contributed by atoms with Crippen molar-refractivity contribution in [2.24, 2.45) is 0 Å². The van der Waals surface area contributed by atoms with Crippen LogP contribution in [-0.4, -0.2) is 85.7 Å². The second-order valence-electron chi connectivity index (χ2n) is 12.0. The fourth-order valence-electron chi connectivity index (χ4n) is 6.60. The number of fused-ring (bicyclic) bond motifs is 2. The van der Waals surface area contributed by atoms with Crippen molar-refractivity contribution in [3.63, 3.8) is 0 Å². The highest BCUT2D eigenvalue weighted by Gasteiger charge is 2.33. The Hall–Kier alpha value is -2.30. The minimum Gasteiger partial charge on any atom is -0.338 e. The monoisotopic (exact) mass is 594 g/mol. The smallest absolute Gasteiger partial charge is 0.243 e. The molecule has 6 rings (SSSR count). The van der Waals surface area contributed by atoms with Gasteiger partial charge < -0.3 is 9.80 Å². The normalized spacial score (nSPS) is 21.3. The molecule has 1 atom stereocenters. The molecule has 0 N–H and O–H groups in total. The number of benzene rings is 2. The highest BCUT2D eigenvalue weighted by atomic mass is 32.2. The van der Waals surface area contributed by atoms with Gasteiger partial charge in [0.2, 0.25) is 15.9 Å². The largest absolute Gasteiger partial charge is 0.338 e. The standard InChI is InChI=1S/C32H42N4O3S2/c1-33-17-19-34(20-18-33)24-29-21-27-23-35(16-14-31(27)40-29)32(37)11-6-10-28-9-4-5-15-36(28)41(38,39)30-13-12-25-7-2-3-8-26(25)22-30/h2-3,7-8,12-13,21-22,28H,4-6,9-11,14-20,23-24H2,1H3. The van der Waals surface area contributed by atoms with E-state index in [4.69, 9.17) is 0 Å². The second kappa shape index (κ2) is 12.5. The minimum absolute atomic E-state index is 0.0463. The number of piperazine rings is 1. The van der Waals surface area contributed by atoms with E-state index in [0.29, 0.717) is 24.4 Å². The Bertz CT molecular complexity index is 1480. The van der Waals surface area contributed by atoms with Gasteiger partial charge in [-0.25, -0.2) is 8.42 Å². The van der Waals surface area contributed by atoms with Crippen LogP contribution in [0.5, 0.6) is 0 Å². The lowest BCUT2D eigenvalue weighted by molar-refractivity contribution is -0.132. The van der Waals surface area contributed by atoms with Crippen molar-refractivity contribution >= 4 is 38.0 Å². The first kappa shape index (κ1) is 28.8. The molecule has 0 saturated carbocycles. The number of piperidine rings is 1. The van der Waals surface area contributed by atoms with Crippen LogP contribution in [0.15, 0.2) is 53.4 Å². The van der Waals surface area contributed by atoms with E-state index in [1.807, 2.05) is 46.6 Å². The summed E-state index contributed by atoms with van der Waals surface area (Å²) in [6.07, 6.45) is 5.64. The molecule has 7 nitrogen and oxygen atoms in total. The maximum Gasteiger partial charge on any atom is 0.243 e. The Morgan fingerprint density at radius 3 is 2.59 bits per heavy atom. The summed E-state index contributed by atoms with van der Waals surface area (Å²) in [7, 11) is -1.40. The molecule has 1 unspecified atom stereocenters. The third-order valence-electron chi connectivity index (χ3n) is 9.07. The van der Waals surface area contributed by atoms with Crippen molar-refractivity contribution in [3.8, 4) is 0 Å². The summed E-state index contributed by atoms with van der Waals surface area (Å²) in [5.74, 6) is 0.196. The van der Waals surface area contributed by atoms with Gasteiger partial charge in [-0.1, -0.05) is 36.8 Å². The van der Waals surface area contributed by atoms with Crippen molar-refractivity contribution in [3.05, 3.63) is 63.8 Å². The average molecular weight is 595 g/mol. The van der Waals surface area contributed by atoms with Crippen LogP contribution in [0.2, 0.25) is 0 Å². The Balaban J connectivity index is 1.03. The fraction of sp³-hybridized carbons (Fsp3) is 0.531. The van der Waals surface area contributed by atoms with Gasteiger partial charge in [-0.2, -0.15) is 4.31 Å². The average Bonchev–Trinajstić information content (AvgIpc) is 3.40. The topological polar surface area (TPSA) is 64.2 Å². The van der Waals surface area contributed by atoms with Crippen molar-refractivity contribution in [2.45, 2.75) is 69.0 Å². The van der Waals surface area contributed by atoms with Crippen molar-refractivity contribution in [2.75, 3.05) is 46.3 Å². The molecule has 1 amide bonds. The van der Waals surface area contributed by atoms with E-state index in [0.717, 1.165) is 88.6 Å². The molecule has 0 aliphatic carbocycles. The first-order valence-corrected chi connectivity index (χ1v) is 17.4. The maximum atomic E-state index is 13.7. The van der Waals surface area contributed by atoms with Gasteiger partial charge in [0.25, 0.3) is 0 Å². The molecule has 9 heteroatoms. The van der Waals surface area contributed by atoms with E-state index in [2.05, 4.69) is 22.9 Å². The van der Waals surface area contributed by atoms with Crippen LogP contribution in [-0.2, 0) is 34.3 Å². The number of thiophene rings is 1. The lowest BCUT2D eigenvalue weighted by Crippen LogP contribution is -2.43. The molecule has 0 radical (unpaired) electrons. The highest BCUT2D eigenvalue weighted by Crippen LogP contribution is 2.32. The second-order valence-corrected chi connectivity index (χ2v) is 15.1. The molecule has 1 aromatic heterocycles. The minimum atomic E-state index is -3.59. The number of amides is 1. The molecule has 2 saturated heterocycles. The van der Waals surface area contributed by atoms with Gasteiger partial charge in [0.15, 0.2) is 0 Å². The Morgan fingerprint density at radius 1 is 0.951 bits per heavy atom. The van der Waals surface area contributed by atoms with E-state index in [1.54, 1.807) is 16.4 Å². The van der Waals surface area contributed by atoms with Gasteiger partial charge in [-0.3, -0.25) is 9.69 Å². The number of carbonyl (C=O) groups excluding carboxylic acids is 1. The summed E-state index contributed by atoms with van der Waals surface area (Å²) >= 11 is 1.93. The molecular formula is C32H42N4O3S2. The fourth-order valence-corrected chi connectivity index (χ4v) is 9.57. The van der Waals surface area contributed by atoms with Crippen LogP contribution < -0.4 is 0 Å². The number of rotatable bonds is 8. The molecule has 0 spiro atoms. The zero-order chi connectivity index (χ0) is 28.4. The summed E-state index contributed by atoms with van der Waals surface area (Å²) < 4.78 is 29.1. The van der Waals surface area contributed by atoms with E-state index >= 15 is 0 Å². The van der Waals surface area contributed by atoms with Gasteiger partial charge in [0, 0.05) is 74.6 Å². The zero-order valence-corrected chi connectivity index (χ0v) is 25.8. The van der Waals surface area contributed by atoms with Gasteiger partial charge in [-0.05, 0) is 73.7 Å². The Kier molecular flexibility index (Phi) is 8.79. The van der Waals surface area contributed by atoms with Gasteiger partial charge in [0.05, 0.1) is 4.90 Å². The maximum absolute atomic E-state index is 13.7. The van der Waals surface area contributed by atoms with Crippen LogP contribution >= 0.6 is 11.3 Å². The van der Waals surface area contributed by atoms with Crippen molar-refractivity contribution in [1.82, 2.24) is 19.0 Å². The number of hydrogen-bond donors (Lipinski definition) is 0. The Morgan fingerprint density at radius 2 is 1.76 bits per heavy atom. The molecule has 3 aliphatic rings. The first-order valence-electron chi connectivity index (χ1n) is 15.2. The van der Waals surface area contributed by atoms with E-state index in [-0.39, 0.29) is 11.9 Å². The Labute approximate surface area is 248 Å². The predicted octanol–water partition coefficient (Wildman–Crippen LogP) is 4.95. The van der Waals surface area contributed by atoms with Crippen LogP contribution in [0.3, 0.4) is 0 Å². The van der Waals surface area contributed by atoms with E-state index in [1.165, 1.54) is 15.3 Å². The quantitative estimate of drug-likeness (QED) is 0.370. The molecule has 41 heavy (non-hydrogen) atoms. The van der Waals surface area contributed by atoms with Crippen molar-refractivity contribution < 1.29 is 13.2 Å². The number of nitrogens with zero attached hydrogens (tertiary/aromatic N) is 4. The SMILES string of the molecule is CN1CCN(Cc2cc3c(s2)CCN(C(=O)CCCC2CCCCN2S(=O)(=O)c2ccc4ccccc4c2)C3)CC1. The van der Waals surface area contributed by atoms with Gasteiger partial charge in [-0.15, -0.1) is 11.3 Å². The number of sulfonamides is 1. The van der Waals surface area contributed by atoms with E-state index < -0.39 is 10.0 Å². The summed E-state index contributed by atoms with van der Waals surface area (Å²) in [6.45, 7) is 7.54. The highest BCUT2D eigenvalue weighted by molar-refractivity contribution is 7.89. The third kappa shape index (κ3) is 6.54. The van der Waals surface area contributed by atoms with Crippen LogP contribution in [0.4, 0.5) is 0 Å². The van der Waals surface area contributed by atoms with Gasteiger partial charge >= 0.3 is 0 Å². The number of hydrogen-bond acceptors (Lipinski definition) is 6. The van der Waals surface area contributed by atoms with Crippen LogP contribution in [0.25, 0.3) is 10.8 Å². The number of likely N-dealkylation sites (N-methyl/N-ethyl adjacent to an activating group) is 1. The summed E-state index contributed by atoms with van der Waals surface area (Å²) in [4.78, 5) is 23.4. The van der Waals surface area contributed by atoms with E-state index in [9.17, 15) is 13.2 Å². The van der Waals surface area contributed by atoms with Crippen molar-refractivity contribution in [1.29, 1.82) is 0 Å². The van der Waals surface area contributed by atoms with Gasteiger partial charge in [0.1, 0.15) is 0 Å². The lowest BCUT2D eigenvalue weighted by Gasteiger charge is -2.35. The van der Waals surface area contributed by atoms with Crippen LogP contribution in [0, 0.1) is 0 Å². The first-order chi connectivity index (χ1) is 19.9. The summed E-state index contributed by atoms with van der Waals surface area (Å²) in [6, 6.07) is 15.6. The van der Waals surface area contributed by atoms with Crippen LogP contribution in [0.1, 0.15) is 53.8 Å². The molecule has 0 bridgehead atoms. The summed E-state index contributed by atoms with van der Waals surface area (Å²) in [5.41, 5.74) is 1.32. The predicted molar refractivity (Wildman–Crippen MR) is 166 cm³/mol. The summed E-state index contributed by atoms with van der Waals surface area (Å²) in [5, 5.41) is 1.98. The molecule has 3 aliphatic heterocycles. The lowest BCUT2D eigenvalue weighted by atomic mass is 9.99. The molecule has 2 aromatic carbocycles. The molecule has 220 valence electrons.